The Morgan fingerprint density at radius 1 is 1.24 bits per heavy atom. The summed E-state index contributed by atoms with van der Waals surface area (Å²) in [5, 5.41) is 21.1. The fourth-order valence-corrected chi connectivity index (χ4v) is 2.76. The quantitative estimate of drug-likeness (QED) is 0.665. The van der Waals surface area contributed by atoms with Gasteiger partial charge in [0.15, 0.2) is 0 Å². The molecule has 1 heterocycles. The van der Waals surface area contributed by atoms with E-state index in [2.05, 4.69) is 43.6 Å². The van der Waals surface area contributed by atoms with Gasteiger partial charge in [-0.3, -0.25) is 5.10 Å². The number of nitrogens with one attached hydrogen (secondary N) is 2. The van der Waals surface area contributed by atoms with Gasteiger partial charge in [0.1, 0.15) is 0 Å². The molecule has 0 radical (unpaired) electrons. The Morgan fingerprint density at radius 2 is 2.14 bits per heavy atom. The zero-order valence-electron chi connectivity index (χ0n) is 11.4. The molecule has 1 aromatic heterocycles. The Kier molecular flexibility index (Phi) is 4.34. The van der Waals surface area contributed by atoms with Gasteiger partial charge in [-0.05, 0) is 29.3 Å². The number of H-pyrrole nitrogens is 1. The number of benzene rings is 2. The lowest BCUT2D eigenvalue weighted by Gasteiger charge is -2.17. The number of hydrogen-bond donors (Lipinski definition) is 3. The topological polar surface area (TPSA) is 60.9 Å². The average molecular weight is 346 g/mol. The SMILES string of the molecule is OCC(NCc1ccc2cn[nH]c2c1)c1cccc(Br)c1. The fraction of sp³-hybridized carbons (Fsp3) is 0.188. The first kappa shape index (κ1) is 14.3. The molecule has 0 aliphatic rings. The van der Waals surface area contributed by atoms with Gasteiger partial charge in [-0.1, -0.05) is 40.2 Å². The molecule has 0 amide bonds. The van der Waals surface area contributed by atoms with Crippen molar-refractivity contribution >= 4 is 26.8 Å². The minimum Gasteiger partial charge on any atom is -0.394 e. The molecule has 3 rings (SSSR count). The number of fused-ring (bicyclic) bond motifs is 1. The van der Waals surface area contributed by atoms with Gasteiger partial charge in [0, 0.05) is 16.4 Å². The molecule has 0 aliphatic carbocycles. The Labute approximate surface area is 131 Å². The second-order valence-electron chi connectivity index (χ2n) is 4.96. The molecule has 21 heavy (non-hydrogen) atoms. The van der Waals surface area contributed by atoms with E-state index < -0.39 is 0 Å². The Bertz CT molecular complexity index is 741. The lowest BCUT2D eigenvalue weighted by atomic mass is 10.1. The number of hydrogen-bond acceptors (Lipinski definition) is 3. The summed E-state index contributed by atoms with van der Waals surface area (Å²) in [4.78, 5) is 0. The highest BCUT2D eigenvalue weighted by Crippen LogP contribution is 2.19. The van der Waals surface area contributed by atoms with Crippen molar-refractivity contribution in [1.82, 2.24) is 15.5 Å². The van der Waals surface area contributed by atoms with Crippen molar-refractivity contribution in [3.63, 3.8) is 0 Å². The predicted octanol–water partition coefficient (Wildman–Crippen LogP) is 3.15. The van der Waals surface area contributed by atoms with Crippen LogP contribution in [0.1, 0.15) is 17.2 Å². The third-order valence-electron chi connectivity index (χ3n) is 3.49. The minimum absolute atomic E-state index is 0.0583. The highest BCUT2D eigenvalue weighted by molar-refractivity contribution is 9.10. The maximum Gasteiger partial charge on any atom is 0.0653 e. The monoisotopic (exact) mass is 345 g/mol. The van der Waals surface area contributed by atoms with E-state index in [9.17, 15) is 5.11 Å². The highest BCUT2D eigenvalue weighted by Gasteiger charge is 2.10. The van der Waals surface area contributed by atoms with E-state index in [1.54, 1.807) is 0 Å². The Balaban J connectivity index is 1.72. The van der Waals surface area contributed by atoms with Gasteiger partial charge in [-0.25, -0.2) is 0 Å². The second-order valence-corrected chi connectivity index (χ2v) is 5.88. The van der Waals surface area contributed by atoms with Crippen LogP contribution in [0, 0.1) is 0 Å². The van der Waals surface area contributed by atoms with E-state index in [4.69, 9.17) is 0 Å². The van der Waals surface area contributed by atoms with Crippen LogP contribution in [0.25, 0.3) is 10.9 Å². The van der Waals surface area contributed by atoms with E-state index in [0.29, 0.717) is 6.54 Å². The van der Waals surface area contributed by atoms with Gasteiger partial charge in [0.25, 0.3) is 0 Å². The summed E-state index contributed by atoms with van der Waals surface area (Å²) in [6, 6.07) is 14.1. The molecule has 5 heteroatoms. The number of aromatic nitrogens is 2. The number of aliphatic hydroxyl groups excluding tert-OH is 1. The molecule has 3 N–H and O–H groups in total. The molecule has 4 nitrogen and oxygen atoms in total. The Morgan fingerprint density at radius 3 is 2.95 bits per heavy atom. The van der Waals surface area contributed by atoms with Crippen LogP contribution < -0.4 is 5.32 Å². The molecule has 1 atom stereocenters. The van der Waals surface area contributed by atoms with Gasteiger partial charge in [-0.15, -0.1) is 0 Å². The minimum atomic E-state index is -0.0834. The van der Waals surface area contributed by atoms with Gasteiger partial charge >= 0.3 is 0 Å². The second kappa shape index (κ2) is 6.39. The molecule has 2 aromatic carbocycles. The van der Waals surface area contributed by atoms with Crippen LogP contribution in [0.15, 0.2) is 53.1 Å². The maximum atomic E-state index is 9.59. The van der Waals surface area contributed by atoms with Crippen LogP contribution in [0.2, 0.25) is 0 Å². The molecule has 0 aliphatic heterocycles. The molecule has 0 spiro atoms. The summed E-state index contributed by atoms with van der Waals surface area (Å²) in [7, 11) is 0. The Hall–Kier alpha value is -1.69. The van der Waals surface area contributed by atoms with Crippen LogP contribution in [0.4, 0.5) is 0 Å². The van der Waals surface area contributed by atoms with Crippen molar-refractivity contribution in [2.24, 2.45) is 0 Å². The number of nitrogens with zero attached hydrogens (tertiary/aromatic N) is 1. The first-order valence-corrected chi connectivity index (χ1v) is 7.57. The highest BCUT2D eigenvalue weighted by atomic mass is 79.9. The molecule has 0 fully saturated rings. The van der Waals surface area contributed by atoms with Gasteiger partial charge in [-0.2, -0.15) is 5.10 Å². The molecule has 1 unspecified atom stereocenters. The number of aliphatic hydroxyl groups is 1. The number of rotatable bonds is 5. The first-order chi connectivity index (χ1) is 10.3. The van der Waals surface area contributed by atoms with Crippen molar-refractivity contribution in [3.8, 4) is 0 Å². The van der Waals surface area contributed by atoms with Crippen molar-refractivity contribution in [3.05, 3.63) is 64.3 Å². The lowest BCUT2D eigenvalue weighted by Crippen LogP contribution is -2.23. The molecule has 0 saturated heterocycles. The average Bonchev–Trinajstić information content (AvgIpc) is 2.95. The van der Waals surface area contributed by atoms with Gasteiger partial charge < -0.3 is 10.4 Å². The van der Waals surface area contributed by atoms with Crippen molar-refractivity contribution in [1.29, 1.82) is 0 Å². The molecule has 0 saturated carbocycles. The maximum absolute atomic E-state index is 9.59. The molecular formula is C16H16BrN3O. The van der Waals surface area contributed by atoms with E-state index in [1.807, 2.05) is 36.5 Å². The third kappa shape index (κ3) is 3.32. The van der Waals surface area contributed by atoms with Gasteiger partial charge in [0.05, 0.1) is 24.4 Å². The normalized spacial score (nSPS) is 12.7. The molecule has 3 aromatic rings. The van der Waals surface area contributed by atoms with E-state index in [1.165, 1.54) is 0 Å². The predicted molar refractivity (Wildman–Crippen MR) is 86.9 cm³/mol. The smallest absolute Gasteiger partial charge is 0.0653 e. The zero-order valence-corrected chi connectivity index (χ0v) is 13.0. The summed E-state index contributed by atoms with van der Waals surface area (Å²) >= 11 is 3.46. The van der Waals surface area contributed by atoms with Gasteiger partial charge in [0.2, 0.25) is 0 Å². The van der Waals surface area contributed by atoms with E-state index in [-0.39, 0.29) is 12.6 Å². The first-order valence-electron chi connectivity index (χ1n) is 6.78. The van der Waals surface area contributed by atoms with Crippen LogP contribution in [0.5, 0.6) is 0 Å². The van der Waals surface area contributed by atoms with Crippen LogP contribution >= 0.6 is 15.9 Å². The molecular weight excluding hydrogens is 330 g/mol. The summed E-state index contributed by atoms with van der Waals surface area (Å²) in [6.45, 7) is 0.745. The zero-order chi connectivity index (χ0) is 14.7. The molecule has 0 bridgehead atoms. The summed E-state index contributed by atoms with van der Waals surface area (Å²) in [6.07, 6.45) is 1.81. The lowest BCUT2D eigenvalue weighted by molar-refractivity contribution is 0.243. The number of aromatic amines is 1. The fourth-order valence-electron chi connectivity index (χ4n) is 2.35. The van der Waals surface area contributed by atoms with E-state index >= 15 is 0 Å². The summed E-state index contributed by atoms with van der Waals surface area (Å²) in [5.41, 5.74) is 3.24. The van der Waals surface area contributed by atoms with Crippen molar-refractivity contribution < 1.29 is 5.11 Å². The van der Waals surface area contributed by atoms with Crippen molar-refractivity contribution in [2.45, 2.75) is 12.6 Å². The van der Waals surface area contributed by atoms with Crippen LogP contribution in [-0.2, 0) is 6.54 Å². The summed E-state index contributed by atoms with van der Waals surface area (Å²) in [5.74, 6) is 0. The summed E-state index contributed by atoms with van der Waals surface area (Å²) < 4.78 is 1.01. The van der Waals surface area contributed by atoms with Crippen LogP contribution in [0.3, 0.4) is 0 Å². The largest absolute Gasteiger partial charge is 0.394 e. The standard InChI is InChI=1S/C16H16BrN3O/c17-14-3-1-2-12(7-14)16(10-21)18-8-11-4-5-13-9-19-20-15(13)6-11/h1-7,9,16,18,21H,8,10H2,(H,19,20). The molecule has 108 valence electrons. The van der Waals surface area contributed by atoms with E-state index in [0.717, 1.165) is 26.5 Å². The van der Waals surface area contributed by atoms with Crippen LogP contribution in [-0.4, -0.2) is 21.9 Å². The van der Waals surface area contributed by atoms with Crippen molar-refractivity contribution in [2.75, 3.05) is 6.61 Å². The number of halogens is 1. The third-order valence-corrected chi connectivity index (χ3v) is 3.99.